The van der Waals surface area contributed by atoms with Gasteiger partial charge in [0, 0.05) is 17.9 Å². The Bertz CT molecular complexity index is 2600. The van der Waals surface area contributed by atoms with E-state index in [1.807, 2.05) is 13.8 Å². The molecule has 8 fully saturated rings. The molecule has 4 saturated heterocycles. The molecule has 0 aromatic heterocycles. The number of aldehydes is 1. The van der Waals surface area contributed by atoms with Gasteiger partial charge in [-0.2, -0.15) is 0 Å². The predicted molar refractivity (Wildman–Crippen MR) is 295 cm³/mol. The molecule has 4 saturated carbocycles. The van der Waals surface area contributed by atoms with E-state index in [4.69, 9.17) is 47.4 Å². The molecule has 0 radical (unpaired) electrons. The fourth-order valence-corrected chi connectivity index (χ4v) is 17.3. The summed E-state index contributed by atoms with van der Waals surface area (Å²) in [5.41, 5.74) is -4.52. The van der Waals surface area contributed by atoms with Gasteiger partial charge in [0.2, 0.25) is 0 Å². The van der Waals surface area contributed by atoms with E-state index < -0.39 is 230 Å². The van der Waals surface area contributed by atoms with E-state index in [0.717, 1.165) is 11.9 Å². The molecule has 5 aliphatic carbocycles. The average molecular weight is 1260 g/mol. The van der Waals surface area contributed by atoms with Crippen molar-refractivity contribution in [1.82, 2.24) is 0 Å². The summed E-state index contributed by atoms with van der Waals surface area (Å²) in [5, 5.41) is 154. The van der Waals surface area contributed by atoms with Gasteiger partial charge in [0.25, 0.3) is 0 Å². The third kappa shape index (κ3) is 11.2. The molecule has 88 heavy (non-hydrogen) atoms. The summed E-state index contributed by atoms with van der Waals surface area (Å²) in [4.78, 5) is 53.9. The van der Waals surface area contributed by atoms with E-state index in [1.165, 1.54) is 6.92 Å². The summed E-state index contributed by atoms with van der Waals surface area (Å²) >= 11 is 0. The van der Waals surface area contributed by atoms with Crippen LogP contribution in [0.15, 0.2) is 23.3 Å². The third-order valence-corrected chi connectivity index (χ3v) is 22.6. The summed E-state index contributed by atoms with van der Waals surface area (Å²) in [7, 11) is 0. The van der Waals surface area contributed by atoms with Gasteiger partial charge in [-0.1, -0.05) is 59.3 Å². The number of carboxylic acid groups (broad SMARTS) is 1. The van der Waals surface area contributed by atoms with Gasteiger partial charge < -0.3 is 124 Å². The minimum Gasteiger partial charge on any atom is -0.479 e. The summed E-state index contributed by atoms with van der Waals surface area (Å²) in [6.45, 7) is 13.4. The summed E-state index contributed by atoms with van der Waals surface area (Å²) in [6.07, 6.45) is -35.5. The molecule has 4 aliphatic heterocycles. The zero-order chi connectivity index (χ0) is 64.9. The Kier molecular flexibility index (Phi) is 20.1. The highest BCUT2D eigenvalue weighted by molar-refractivity contribution is 5.87. The van der Waals surface area contributed by atoms with Crippen LogP contribution in [0, 0.1) is 50.2 Å². The maximum atomic E-state index is 14.2. The molecular weight excluding hydrogens is 1170 g/mol. The molecule has 9 aliphatic rings. The number of carbonyl (C=O) groups excluding carboxylic acids is 3. The minimum absolute atomic E-state index is 0.0926. The third-order valence-electron chi connectivity index (χ3n) is 22.6. The fraction of sp³-hybridized carbons (Fsp3) is 0.867. The monoisotopic (exact) mass is 1260 g/mol. The first-order chi connectivity index (χ1) is 41.2. The maximum absolute atomic E-state index is 14.2. The molecule has 14 N–H and O–H groups in total. The van der Waals surface area contributed by atoms with Crippen LogP contribution in [-0.2, 0) is 66.5 Å². The summed E-state index contributed by atoms with van der Waals surface area (Å²) < 4.78 is 60.6. The number of aliphatic hydroxyl groups is 13. The predicted octanol–water partition coefficient (Wildman–Crippen LogP) is -2.65. The standard InChI is InChI=1S/C60H92O28/c1-10-24(2)50(78)88-47-48(80-25(3)65)60(23-64)27(17-55(47,4)5)26-11-12-32-56(6)15-14-34(57(7,22-63)31(56)13-16-58(32,8)59(26,9)18-33(60)67)83-54-46(87-52-41(74)39(72)37(70)30(20-62)82-52)43(42(75)44(85-54)49(76)77)84-53-45(35(68)28(66)21-79-53)86-51-40(73)38(71)36(69)29(19-61)81-51/h10-11,22,27-48,51-54,61-62,64,66-75H,12-21,23H2,1-9H3,(H,76,77)/b24-10-/t27?,28-,29+,30+,31?,32?,33+,34-,35-,36+,37-,38-,39-,40+,41+,42-,43-,44-,45+,46+,47-,48-,51-,52-,53-,54+,56-,57?,58+,59+,60-/m0/s1. The summed E-state index contributed by atoms with van der Waals surface area (Å²) in [6, 6.07) is 0. The highest BCUT2D eigenvalue weighted by Gasteiger charge is 2.74. The van der Waals surface area contributed by atoms with Gasteiger partial charge in [-0.25, -0.2) is 9.59 Å². The molecule has 4 heterocycles. The van der Waals surface area contributed by atoms with Crippen LogP contribution in [0.4, 0.5) is 0 Å². The van der Waals surface area contributed by atoms with Crippen molar-refractivity contribution in [1.29, 1.82) is 0 Å². The molecule has 0 spiro atoms. The van der Waals surface area contributed by atoms with Crippen molar-refractivity contribution in [2.24, 2.45) is 50.2 Å². The number of aliphatic carboxylic acids is 1. The van der Waals surface area contributed by atoms with E-state index in [0.29, 0.717) is 37.7 Å². The van der Waals surface area contributed by atoms with Gasteiger partial charge in [-0.15, -0.1) is 0 Å². The Labute approximate surface area is 509 Å². The lowest BCUT2D eigenvalue weighted by molar-refractivity contribution is -0.400. The van der Waals surface area contributed by atoms with Gasteiger partial charge in [0.15, 0.2) is 31.3 Å². The topological polar surface area (TPSA) is 444 Å². The van der Waals surface area contributed by atoms with Crippen LogP contribution >= 0.6 is 0 Å². The minimum atomic E-state index is -2.32. The molecule has 28 heteroatoms. The molecular formula is C60H92O28. The Morgan fingerprint density at radius 1 is 0.648 bits per heavy atom. The van der Waals surface area contributed by atoms with Crippen LogP contribution in [0.2, 0.25) is 0 Å². The number of fused-ring (bicyclic) bond motifs is 7. The zero-order valence-electron chi connectivity index (χ0n) is 51.0. The molecule has 0 aromatic carbocycles. The van der Waals surface area contributed by atoms with E-state index in [1.54, 1.807) is 26.8 Å². The molecule has 4 unspecified atom stereocenters. The Hall–Kier alpha value is -3.28. The Balaban J connectivity index is 1.05. The van der Waals surface area contributed by atoms with Gasteiger partial charge in [0.1, 0.15) is 104 Å². The van der Waals surface area contributed by atoms with Crippen LogP contribution in [0.1, 0.15) is 107 Å². The molecule has 31 atom stereocenters. The second kappa shape index (κ2) is 25.6. The number of ether oxygens (including phenoxy) is 10. The normalized spacial score (nSPS) is 51.1. The van der Waals surface area contributed by atoms with E-state index in [9.17, 15) is 90.7 Å². The van der Waals surface area contributed by atoms with Crippen molar-refractivity contribution in [2.75, 3.05) is 26.4 Å². The number of hydrogen-bond donors (Lipinski definition) is 14. The smallest absolute Gasteiger partial charge is 0.335 e. The van der Waals surface area contributed by atoms with Crippen molar-refractivity contribution >= 4 is 24.2 Å². The first kappa shape index (κ1) is 69.1. The lowest BCUT2D eigenvalue weighted by Crippen LogP contribution is -2.72. The van der Waals surface area contributed by atoms with Crippen molar-refractivity contribution < 1.29 is 138 Å². The van der Waals surface area contributed by atoms with Crippen molar-refractivity contribution in [2.45, 2.75) is 248 Å². The highest BCUT2D eigenvalue weighted by atomic mass is 16.8. The lowest BCUT2D eigenvalue weighted by atomic mass is 9.33. The van der Waals surface area contributed by atoms with E-state index >= 15 is 0 Å². The number of carbonyl (C=O) groups is 4. The van der Waals surface area contributed by atoms with Gasteiger partial charge >= 0.3 is 17.9 Å². The molecule has 9 rings (SSSR count). The van der Waals surface area contributed by atoms with Crippen LogP contribution < -0.4 is 0 Å². The van der Waals surface area contributed by atoms with Gasteiger partial charge in [0.05, 0.1) is 49.5 Å². The SMILES string of the molecule is C/C=C(/C)C(=O)O[C@H]1[C@H](OC(C)=O)[C@@]2(CO)C(CC1(C)C)C1=CCC3[C@@]4(C)CC[C@H](O[C@@H]5O[C@H](C(=O)O)[C@@H](O)[C@H](O[C@@H]6OC[C@H](O)[C@H](O)[C@H]6O[C@@H]6O[C@H](CO)[C@@H](O)[C@H](O)[C@H]6O)[C@H]5O[C@@H]5O[C@H](CO)[C@H](O)[C@H](O)[C@H]5O)C(C)(C=O)C4CC[C@@]3(C)[C@]1(C)C[C@H]2O. The van der Waals surface area contributed by atoms with Crippen molar-refractivity contribution in [3.8, 4) is 0 Å². The average Bonchev–Trinajstić information content (AvgIpc) is 0.673. The Morgan fingerprint density at radius 3 is 1.78 bits per heavy atom. The maximum Gasteiger partial charge on any atom is 0.335 e. The largest absolute Gasteiger partial charge is 0.479 e. The zero-order valence-corrected chi connectivity index (χ0v) is 51.0. The first-order valence-corrected chi connectivity index (χ1v) is 30.5. The lowest BCUT2D eigenvalue weighted by Gasteiger charge is -2.72. The molecule has 28 nitrogen and oxygen atoms in total. The Morgan fingerprint density at radius 2 is 1.24 bits per heavy atom. The van der Waals surface area contributed by atoms with Crippen molar-refractivity contribution in [3.05, 3.63) is 23.3 Å². The number of rotatable bonds is 16. The van der Waals surface area contributed by atoms with Gasteiger partial charge in [-0.05, 0) is 92.8 Å². The molecule has 0 bridgehead atoms. The van der Waals surface area contributed by atoms with Crippen LogP contribution in [0.3, 0.4) is 0 Å². The molecule has 0 amide bonds. The quantitative estimate of drug-likeness (QED) is 0.0247. The second-order valence-electron chi connectivity index (χ2n) is 27.7. The number of esters is 2. The molecule has 500 valence electrons. The number of allylic oxidation sites excluding steroid dienone is 3. The second-order valence-corrected chi connectivity index (χ2v) is 27.7. The van der Waals surface area contributed by atoms with Crippen LogP contribution in [0.25, 0.3) is 0 Å². The van der Waals surface area contributed by atoms with E-state index in [2.05, 4.69) is 26.8 Å². The molecule has 0 aromatic rings. The summed E-state index contributed by atoms with van der Waals surface area (Å²) in [5.74, 6) is -4.31. The number of hydrogen-bond acceptors (Lipinski definition) is 27. The number of carboxylic acids is 1. The van der Waals surface area contributed by atoms with Crippen LogP contribution in [-0.4, -0.2) is 263 Å². The van der Waals surface area contributed by atoms with Gasteiger partial charge in [-0.3, -0.25) is 4.79 Å². The first-order valence-electron chi connectivity index (χ1n) is 30.5. The fourth-order valence-electron chi connectivity index (χ4n) is 17.3. The number of aliphatic hydroxyl groups excluding tert-OH is 13. The van der Waals surface area contributed by atoms with Crippen LogP contribution in [0.5, 0.6) is 0 Å². The van der Waals surface area contributed by atoms with Crippen molar-refractivity contribution in [3.63, 3.8) is 0 Å². The van der Waals surface area contributed by atoms with E-state index in [-0.39, 0.29) is 18.8 Å². The highest BCUT2D eigenvalue weighted by Crippen LogP contribution is 2.76.